The molecule has 0 radical (unpaired) electrons. The number of carbonyl (C=O) groups is 1. The van der Waals surface area contributed by atoms with E-state index in [4.69, 9.17) is 0 Å². The standard InChI is InChI=1S/C15H14N2O2S/c1-10(18)17-14(11-4-2-5-12(19)8-11)9-13(16-17)15-6-3-7-20-15/h2-9,14,16,19H,1H3/t14-/m1/s1. The first kappa shape index (κ1) is 12.7. The number of nitrogens with zero attached hydrogens (tertiary/aromatic N) is 1. The molecule has 0 bridgehead atoms. The van der Waals surface area contributed by atoms with E-state index in [1.807, 2.05) is 29.7 Å². The quantitative estimate of drug-likeness (QED) is 0.892. The minimum atomic E-state index is -0.211. The van der Waals surface area contributed by atoms with E-state index in [1.54, 1.807) is 34.5 Å². The van der Waals surface area contributed by atoms with E-state index in [0.29, 0.717) is 0 Å². The summed E-state index contributed by atoms with van der Waals surface area (Å²) in [5.41, 5.74) is 4.93. The number of amides is 1. The van der Waals surface area contributed by atoms with Crippen molar-refractivity contribution in [2.75, 3.05) is 0 Å². The van der Waals surface area contributed by atoms with Crippen LogP contribution in [0.2, 0.25) is 0 Å². The number of benzene rings is 1. The monoisotopic (exact) mass is 286 g/mol. The highest BCUT2D eigenvalue weighted by molar-refractivity contribution is 7.11. The fraction of sp³-hybridized carbons (Fsp3) is 0.133. The van der Waals surface area contributed by atoms with Crippen molar-refractivity contribution in [3.05, 3.63) is 58.3 Å². The third kappa shape index (κ3) is 2.28. The van der Waals surface area contributed by atoms with Crippen LogP contribution in [0.25, 0.3) is 5.70 Å². The fourth-order valence-corrected chi connectivity index (χ4v) is 2.97. The summed E-state index contributed by atoms with van der Waals surface area (Å²) in [5, 5.41) is 13.2. The van der Waals surface area contributed by atoms with E-state index in [9.17, 15) is 9.90 Å². The van der Waals surface area contributed by atoms with E-state index in [-0.39, 0.29) is 17.7 Å². The van der Waals surface area contributed by atoms with Crippen LogP contribution in [0.5, 0.6) is 5.75 Å². The van der Waals surface area contributed by atoms with Crippen molar-refractivity contribution >= 4 is 22.9 Å². The molecule has 1 aromatic heterocycles. The lowest BCUT2D eigenvalue weighted by Gasteiger charge is -2.23. The summed E-state index contributed by atoms with van der Waals surface area (Å²) in [4.78, 5) is 12.9. The molecule has 3 rings (SSSR count). The Kier molecular flexibility index (Phi) is 3.20. The average Bonchev–Trinajstić information content (AvgIpc) is 3.08. The summed E-state index contributed by atoms with van der Waals surface area (Å²) >= 11 is 1.62. The molecule has 1 aliphatic heterocycles. The molecule has 5 heteroatoms. The predicted molar refractivity (Wildman–Crippen MR) is 78.8 cm³/mol. The number of aromatic hydroxyl groups is 1. The fourth-order valence-electron chi connectivity index (χ4n) is 2.27. The van der Waals surface area contributed by atoms with E-state index in [2.05, 4.69) is 5.43 Å². The van der Waals surface area contributed by atoms with Gasteiger partial charge in [0.1, 0.15) is 5.75 Å². The molecule has 0 saturated heterocycles. The molecule has 2 N–H and O–H groups in total. The van der Waals surface area contributed by atoms with Gasteiger partial charge in [0.15, 0.2) is 0 Å². The van der Waals surface area contributed by atoms with Gasteiger partial charge in [-0.2, -0.15) is 0 Å². The number of hydrogen-bond acceptors (Lipinski definition) is 4. The highest BCUT2D eigenvalue weighted by Gasteiger charge is 2.29. The van der Waals surface area contributed by atoms with Gasteiger partial charge in [0, 0.05) is 6.92 Å². The van der Waals surface area contributed by atoms with Gasteiger partial charge in [-0.05, 0) is 35.2 Å². The van der Waals surface area contributed by atoms with Crippen molar-refractivity contribution in [3.63, 3.8) is 0 Å². The van der Waals surface area contributed by atoms with E-state index >= 15 is 0 Å². The van der Waals surface area contributed by atoms with Crippen LogP contribution in [0, 0.1) is 0 Å². The first-order valence-corrected chi connectivity index (χ1v) is 7.14. The van der Waals surface area contributed by atoms with Gasteiger partial charge >= 0.3 is 0 Å². The summed E-state index contributed by atoms with van der Waals surface area (Å²) in [6, 6.07) is 10.7. The first-order valence-electron chi connectivity index (χ1n) is 6.26. The third-order valence-electron chi connectivity index (χ3n) is 3.18. The van der Waals surface area contributed by atoms with Crippen LogP contribution in [0.4, 0.5) is 0 Å². The lowest BCUT2D eigenvalue weighted by atomic mass is 10.1. The minimum Gasteiger partial charge on any atom is -0.508 e. The first-order chi connectivity index (χ1) is 9.65. The van der Waals surface area contributed by atoms with Crippen molar-refractivity contribution in [1.29, 1.82) is 0 Å². The molecule has 2 heterocycles. The predicted octanol–water partition coefficient (Wildman–Crippen LogP) is 2.90. The van der Waals surface area contributed by atoms with Gasteiger partial charge in [-0.25, -0.2) is 5.01 Å². The minimum absolute atomic E-state index is 0.0684. The van der Waals surface area contributed by atoms with Crippen molar-refractivity contribution < 1.29 is 9.90 Å². The Hall–Kier alpha value is -2.27. The zero-order valence-corrected chi connectivity index (χ0v) is 11.7. The number of rotatable bonds is 2. The van der Waals surface area contributed by atoms with Gasteiger partial charge in [0.2, 0.25) is 5.91 Å². The molecule has 2 aromatic rings. The molecule has 1 amide bonds. The Morgan fingerprint density at radius 1 is 1.35 bits per heavy atom. The van der Waals surface area contributed by atoms with Crippen molar-refractivity contribution in [1.82, 2.24) is 10.4 Å². The zero-order chi connectivity index (χ0) is 14.1. The maximum Gasteiger partial charge on any atom is 0.238 e. The number of carbonyl (C=O) groups excluding carboxylic acids is 1. The van der Waals surface area contributed by atoms with Gasteiger partial charge in [-0.15, -0.1) is 11.3 Å². The Labute approximate surface area is 120 Å². The molecular weight excluding hydrogens is 272 g/mol. The Balaban J connectivity index is 1.99. The van der Waals surface area contributed by atoms with Crippen LogP contribution in [-0.4, -0.2) is 16.0 Å². The summed E-state index contributed by atoms with van der Waals surface area (Å²) in [6.45, 7) is 1.52. The normalized spacial score (nSPS) is 17.8. The Morgan fingerprint density at radius 2 is 2.20 bits per heavy atom. The summed E-state index contributed by atoms with van der Waals surface area (Å²) in [5.74, 6) is 0.130. The molecule has 0 saturated carbocycles. The Morgan fingerprint density at radius 3 is 2.85 bits per heavy atom. The molecular formula is C15H14N2O2S. The number of phenolic OH excluding ortho intramolecular Hbond substituents is 1. The van der Waals surface area contributed by atoms with Crippen LogP contribution in [-0.2, 0) is 4.79 Å². The smallest absolute Gasteiger partial charge is 0.238 e. The van der Waals surface area contributed by atoms with E-state index in [0.717, 1.165) is 16.1 Å². The molecule has 0 aliphatic carbocycles. The number of nitrogens with one attached hydrogen (secondary N) is 1. The van der Waals surface area contributed by atoms with Gasteiger partial charge in [-0.3, -0.25) is 10.2 Å². The van der Waals surface area contributed by atoms with Crippen LogP contribution in [0.15, 0.2) is 47.9 Å². The lowest BCUT2D eigenvalue weighted by molar-refractivity contribution is -0.132. The molecule has 4 nitrogen and oxygen atoms in total. The number of hydrogen-bond donors (Lipinski definition) is 2. The second-order valence-electron chi connectivity index (χ2n) is 4.60. The SMILES string of the molecule is CC(=O)N1NC(c2cccs2)=C[C@@H]1c1cccc(O)c1. The molecule has 0 spiro atoms. The molecule has 20 heavy (non-hydrogen) atoms. The van der Waals surface area contributed by atoms with Crippen LogP contribution < -0.4 is 5.43 Å². The van der Waals surface area contributed by atoms with E-state index < -0.39 is 0 Å². The maximum absolute atomic E-state index is 11.8. The van der Waals surface area contributed by atoms with Crippen LogP contribution >= 0.6 is 11.3 Å². The molecule has 0 unspecified atom stereocenters. The molecule has 1 aromatic carbocycles. The summed E-state index contributed by atoms with van der Waals surface area (Å²) < 4.78 is 0. The number of hydrazine groups is 1. The van der Waals surface area contributed by atoms with Gasteiger partial charge in [0.05, 0.1) is 16.6 Å². The van der Waals surface area contributed by atoms with Crippen molar-refractivity contribution in [3.8, 4) is 5.75 Å². The highest BCUT2D eigenvalue weighted by Crippen LogP contribution is 2.33. The summed E-state index contributed by atoms with van der Waals surface area (Å²) in [7, 11) is 0. The summed E-state index contributed by atoms with van der Waals surface area (Å²) in [6.07, 6.45) is 2.00. The van der Waals surface area contributed by atoms with Crippen LogP contribution in [0.1, 0.15) is 23.4 Å². The molecule has 1 aliphatic rings. The van der Waals surface area contributed by atoms with E-state index in [1.165, 1.54) is 6.92 Å². The molecule has 0 fully saturated rings. The van der Waals surface area contributed by atoms with Crippen LogP contribution in [0.3, 0.4) is 0 Å². The number of phenols is 1. The molecule has 102 valence electrons. The second kappa shape index (κ2) is 5.02. The molecule has 1 atom stereocenters. The van der Waals surface area contributed by atoms with Crippen molar-refractivity contribution in [2.24, 2.45) is 0 Å². The topological polar surface area (TPSA) is 52.6 Å². The largest absolute Gasteiger partial charge is 0.508 e. The van der Waals surface area contributed by atoms with Gasteiger partial charge in [0.25, 0.3) is 0 Å². The average molecular weight is 286 g/mol. The second-order valence-corrected chi connectivity index (χ2v) is 5.55. The zero-order valence-electron chi connectivity index (χ0n) is 10.9. The highest BCUT2D eigenvalue weighted by atomic mass is 32.1. The van der Waals surface area contributed by atoms with Gasteiger partial charge < -0.3 is 5.11 Å². The maximum atomic E-state index is 11.8. The van der Waals surface area contributed by atoms with Gasteiger partial charge in [-0.1, -0.05) is 18.2 Å². The van der Waals surface area contributed by atoms with Crippen molar-refractivity contribution in [2.45, 2.75) is 13.0 Å². The Bertz CT molecular complexity index is 664. The number of thiophene rings is 1. The lowest BCUT2D eigenvalue weighted by Crippen LogP contribution is -2.37. The third-order valence-corrected chi connectivity index (χ3v) is 4.08.